The number of carbonyl (C=O) groups is 2. The molecule has 0 saturated carbocycles. The fourth-order valence-electron chi connectivity index (χ4n) is 9.42. The van der Waals surface area contributed by atoms with E-state index in [1.54, 1.807) is 0 Å². The zero-order valence-corrected chi connectivity index (χ0v) is 51.9. The number of esters is 1. The number of rotatable bonds is 59. The average Bonchev–Trinajstić information content (AvgIpc) is 3.38. The van der Waals surface area contributed by atoms with Crippen molar-refractivity contribution in [2.24, 2.45) is 0 Å². The molecule has 3 atom stereocenters. The standard InChI is InChI=1S/C66H125N2O7P/c1-7-10-13-16-19-22-25-27-28-29-30-31-32-33-34-35-36-37-38-39-40-41-44-47-50-53-56-59-66(70)75-64(57-54-51-48-45-43-26-23-20-17-14-11-8-2)63(62-74-76(71,72)73-61-60-68(4,5)6)67-65(69)58-55-52-49-46-42-24-21-18-15-12-9-3/h18-19,21-22,27-28,54,57,63-64H,7-17,20,23-26,29-53,55-56,58-62H2,1-6H3,(H-,67,69,71,72)/p+1/b21-18-,22-19-,28-27-,57-54-. The van der Waals surface area contributed by atoms with Gasteiger partial charge in [0.1, 0.15) is 19.3 Å². The lowest BCUT2D eigenvalue weighted by Gasteiger charge is -2.27. The van der Waals surface area contributed by atoms with Gasteiger partial charge in [0.15, 0.2) is 0 Å². The maximum atomic E-state index is 13.5. The molecule has 0 rings (SSSR count). The van der Waals surface area contributed by atoms with E-state index < -0.39 is 20.0 Å². The number of nitrogens with zero attached hydrogens (tertiary/aromatic N) is 1. The number of ether oxygens (including phenoxy) is 1. The maximum absolute atomic E-state index is 13.5. The third-order valence-electron chi connectivity index (χ3n) is 14.5. The maximum Gasteiger partial charge on any atom is 0.472 e. The van der Waals surface area contributed by atoms with E-state index in [4.69, 9.17) is 13.8 Å². The quantitative estimate of drug-likeness (QED) is 0.0205. The van der Waals surface area contributed by atoms with Crippen LogP contribution in [-0.2, 0) is 27.9 Å². The second-order valence-electron chi connectivity index (χ2n) is 23.3. The van der Waals surface area contributed by atoms with Crippen LogP contribution in [0.1, 0.15) is 310 Å². The lowest BCUT2D eigenvalue weighted by molar-refractivity contribution is -0.870. The van der Waals surface area contributed by atoms with Gasteiger partial charge in [-0.25, -0.2) is 4.57 Å². The van der Waals surface area contributed by atoms with Crippen LogP contribution in [-0.4, -0.2) is 74.3 Å². The summed E-state index contributed by atoms with van der Waals surface area (Å²) in [6.07, 6.45) is 69.8. The summed E-state index contributed by atoms with van der Waals surface area (Å²) >= 11 is 0. The number of nitrogens with one attached hydrogen (secondary N) is 1. The molecule has 0 saturated heterocycles. The summed E-state index contributed by atoms with van der Waals surface area (Å²) in [7, 11) is 1.50. The highest BCUT2D eigenvalue weighted by atomic mass is 31.2. The van der Waals surface area contributed by atoms with E-state index in [1.165, 1.54) is 186 Å². The molecule has 76 heavy (non-hydrogen) atoms. The summed E-state index contributed by atoms with van der Waals surface area (Å²) in [6, 6.07) is -0.849. The highest BCUT2D eigenvalue weighted by molar-refractivity contribution is 7.47. The second kappa shape index (κ2) is 56.3. The Morgan fingerprint density at radius 1 is 0.461 bits per heavy atom. The van der Waals surface area contributed by atoms with Crippen molar-refractivity contribution < 1.29 is 37.3 Å². The highest BCUT2D eigenvalue weighted by Gasteiger charge is 2.30. The van der Waals surface area contributed by atoms with E-state index in [-0.39, 0.29) is 25.1 Å². The van der Waals surface area contributed by atoms with E-state index in [1.807, 2.05) is 33.3 Å². The third kappa shape index (κ3) is 56.7. The number of quaternary nitrogens is 1. The minimum absolute atomic E-state index is 0.0398. The Bertz CT molecular complexity index is 1440. The molecule has 0 bridgehead atoms. The summed E-state index contributed by atoms with van der Waals surface area (Å²) in [4.78, 5) is 37.6. The van der Waals surface area contributed by atoms with E-state index >= 15 is 0 Å². The van der Waals surface area contributed by atoms with Gasteiger partial charge >= 0.3 is 13.8 Å². The summed E-state index contributed by atoms with van der Waals surface area (Å²) in [5.41, 5.74) is 0. The largest absolute Gasteiger partial charge is 0.472 e. The number of allylic oxidation sites excluding steroid dienone is 7. The number of phosphoric acid groups is 1. The number of unbranched alkanes of at least 4 members (excludes halogenated alkanes) is 37. The molecule has 0 aliphatic rings. The van der Waals surface area contributed by atoms with Gasteiger partial charge in [0.05, 0.1) is 33.8 Å². The first kappa shape index (κ1) is 74.0. The van der Waals surface area contributed by atoms with Crippen molar-refractivity contribution in [3.05, 3.63) is 48.6 Å². The van der Waals surface area contributed by atoms with Gasteiger partial charge in [0, 0.05) is 12.8 Å². The Morgan fingerprint density at radius 2 is 0.816 bits per heavy atom. The lowest BCUT2D eigenvalue weighted by Crippen LogP contribution is -2.47. The molecule has 446 valence electrons. The predicted octanol–water partition coefficient (Wildman–Crippen LogP) is 20.1. The molecular formula is C66H126N2O7P+. The zero-order chi connectivity index (χ0) is 55.7. The van der Waals surface area contributed by atoms with Crippen molar-refractivity contribution in [2.75, 3.05) is 40.9 Å². The minimum Gasteiger partial charge on any atom is -0.456 e. The SMILES string of the molecule is CCCC/C=C\CCCCCCCC(=O)NC(COP(=O)(O)OCC[N+](C)(C)C)C(/C=C\CCCCCCCCCCCC)OC(=O)CCCCCCCCCCCCCCCCCCC/C=C\C/C=C\CCCCC. The van der Waals surface area contributed by atoms with E-state index in [0.29, 0.717) is 23.9 Å². The lowest BCUT2D eigenvalue weighted by atomic mass is 10.0. The molecule has 10 heteroatoms. The summed E-state index contributed by atoms with van der Waals surface area (Å²) in [5, 5.41) is 3.05. The zero-order valence-electron chi connectivity index (χ0n) is 51.0. The molecule has 0 heterocycles. The summed E-state index contributed by atoms with van der Waals surface area (Å²) in [6.45, 7) is 6.97. The molecule has 0 aliphatic heterocycles. The number of likely N-dealkylation sites (N-methyl/N-ethyl adjacent to an activating group) is 1. The van der Waals surface area contributed by atoms with E-state index in [0.717, 1.165) is 89.9 Å². The number of phosphoric ester groups is 1. The van der Waals surface area contributed by atoms with E-state index in [2.05, 4.69) is 62.5 Å². The molecule has 0 aliphatic carbocycles. The highest BCUT2D eigenvalue weighted by Crippen LogP contribution is 2.43. The summed E-state index contributed by atoms with van der Waals surface area (Å²) < 4.78 is 30.7. The molecule has 2 N–H and O–H groups in total. The van der Waals surface area contributed by atoms with Gasteiger partial charge in [-0.15, -0.1) is 0 Å². The molecule has 0 aromatic carbocycles. The van der Waals surface area contributed by atoms with Crippen LogP contribution in [0.4, 0.5) is 0 Å². The molecule has 0 fully saturated rings. The van der Waals surface area contributed by atoms with Crippen LogP contribution in [0, 0.1) is 0 Å². The van der Waals surface area contributed by atoms with E-state index in [9.17, 15) is 19.0 Å². The molecule has 0 aromatic rings. The second-order valence-corrected chi connectivity index (χ2v) is 24.7. The third-order valence-corrected chi connectivity index (χ3v) is 15.5. The van der Waals surface area contributed by atoms with Gasteiger partial charge in [0.25, 0.3) is 0 Å². The van der Waals surface area contributed by atoms with Crippen LogP contribution >= 0.6 is 7.82 Å². The number of amides is 1. The fraction of sp³-hybridized carbons (Fsp3) is 0.848. The Labute approximate surface area is 471 Å². The molecule has 3 unspecified atom stereocenters. The Hall–Kier alpha value is -2.03. The van der Waals surface area contributed by atoms with Crippen molar-refractivity contribution in [3.8, 4) is 0 Å². The monoisotopic (exact) mass is 1090 g/mol. The molecular weight excluding hydrogens is 964 g/mol. The topological polar surface area (TPSA) is 111 Å². The summed E-state index contributed by atoms with van der Waals surface area (Å²) in [5.74, 6) is -0.506. The van der Waals surface area contributed by atoms with Crippen LogP contribution in [0.15, 0.2) is 48.6 Å². The van der Waals surface area contributed by atoms with Crippen molar-refractivity contribution in [1.29, 1.82) is 0 Å². The van der Waals surface area contributed by atoms with Gasteiger partial charge in [-0.05, 0) is 83.1 Å². The Kier molecular flexibility index (Phi) is 54.7. The first-order valence-corrected chi connectivity index (χ1v) is 34.0. The molecule has 0 aromatic heterocycles. The van der Waals surface area contributed by atoms with Crippen LogP contribution < -0.4 is 5.32 Å². The number of hydrogen-bond acceptors (Lipinski definition) is 6. The molecule has 1 amide bonds. The van der Waals surface area contributed by atoms with Gasteiger partial charge < -0.3 is 19.4 Å². The number of hydrogen-bond donors (Lipinski definition) is 2. The molecule has 9 nitrogen and oxygen atoms in total. The van der Waals surface area contributed by atoms with Gasteiger partial charge in [-0.2, -0.15) is 0 Å². The van der Waals surface area contributed by atoms with Crippen LogP contribution in [0.3, 0.4) is 0 Å². The first-order valence-electron chi connectivity index (χ1n) is 32.5. The van der Waals surface area contributed by atoms with Crippen molar-refractivity contribution in [1.82, 2.24) is 5.32 Å². The van der Waals surface area contributed by atoms with Gasteiger partial charge in [0.2, 0.25) is 5.91 Å². The number of carbonyl (C=O) groups excluding carboxylic acids is 2. The smallest absolute Gasteiger partial charge is 0.456 e. The minimum atomic E-state index is -4.44. The normalized spacial score (nSPS) is 13.9. The van der Waals surface area contributed by atoms with Crippen LogP contribution in [0.25, 0.3) is 0 Å². The van der Waals surface area contributed by atoms with Gasteiger partial charge in [-0.1, -0.05) is 262 Å². The molecule has 0 radical (unpaired) electrons. The van der Waals surface area contributed by atoms with Crippen LogP contribution in [0.2, 0.25) is 0 Å². The average molecular weight is 1090 g/mol. The Balaban J connectivity index is 4.96. The van der Waals surface area contributed by atoms with Crippen LogP contribution in [0.5, 0.6) is 0 Å². The molecule has 0 spiro atoms. The first-order chi connectivity index (χ1) is 36.9. The van der Waals surface area contributed by atoms with Crippen molar-refractivity contribution in [2.45, 2.75) is 322 Å². The van der Waals surface area contributed by atoms with Crippen molar-refractivity contribution in [3.63, 3.8) is 0 Å². The Morgan fingerprint density at radius 3 is 1.26 bits per heavy atom. The fourth-order valence-corrected chi connectivity index (χ4v) is 10.2. The van der Waals surface area contributed by atoms with Crippen molar-refractivity contribution >= 4 is 19.7 Å². The van der Waals surface area contributed by atoms with Gasteiger partial charge in [-0.3, -0.25) is 18.6 Å². The predicted molar refractivity (Wildman–Crippen MR) is 328 cm³/mol.